The zero-order valence-corrected chi connectivity index (χ0v) is 30.6. The normalized spacial score (nSPS) is 46.8. The molecule has 14 heteroatoms. The largest absolute Gasteiger partial charge is 1.00 e. The molecule has 12 nitrogen and oxygen atoms in total. The molecule has 46 heavy (non-hydrogen) atoms. The van der Waals surface area contributed by atoms with Crippen molar-refractivity contribution in [2.45, 2.75) is 128 Å². The first-order valence-electron chi connectivity index (χ1n) is 16.9. The van der Waals surface area contributed by atoms with Crippen molar-refractivity contribution in [3.05, 3.63) is 0 Å². The maximum Gasteiger partial charge on any atom is 1.00 e. The Morgan fingerprint density at radius 3 is 2.35 bits per heavy atom. The van der Waals surface area contributed by atoms with Gasteiger partial charge in [0.15, 0.2) is 6.29 Å². The molecule has 15 atom stereocenters. The van der Waals surface area contributed by atoms with Crippen LogP contribution >= 0.6 is 0 Å². The van der Waals surface area contributed by atoms with Crippen LogP contribution in [0.25, 0.3) is 0 Å². The van der Waals surface area contributed by atoms with E-state index in [9.17, 15) is 39.1 Å². The SMILES string of the molecule is C[C@H](CCC([O-])=NCCS(=O)(=O)O)[C@H]1CC[C@H]2[C@@H]3[C@H](O)C[C@@H]4C[C@H](O[C@@H]5O[C@H](CO)[C@@H](O)[C@H](O)[C@H]5O)CC[C@]4(C)[C@H]3CC[C@]12C.[Na+]. The summed E-state index contributed by atoms with van der Waals surface area (Å²) in [7, 11) is -4.14. The zero-order chi connectivity index (χ0) is 32.9. The van der Waals surface area contributed by atoms with E-state index in [1.807, 2.05) is 0 Å². The van der Waals surface area contributed by atoms with Crippen molar-refractivity contribution >= 4 is 16.0 Å². The van der Waals surface area contributed by atoms with Gasteiger partial charge in [-0.2, -0.15) is 8.42 Å². The molecule has 1 aliphatic heterocycles. The van der Waals surface area contributed by atoms with Gasteiger partial charge in [0.2, 0.25) is 0 Å². The summed E-state index contributed by atoms with van der Waals surface area (Å²) >= 11 is 0. The van der Waals surface area contributed by atoms with Crippen molar-refractivity contribution in [3.8, 4) is 0 Å². The van der Waals surface area contributed by atoms with Crippen LogP contribution in [0.4, 0.5) is 0 Å². The number of aliphatic hydroxyl groups excluding tert-OH is 5. The minimum absolute atomic E-state index is 0. The minimum Gasteiger partial charge on any atom is -0.862 e. The Balaban J connectivity index is 0.00000480. The molecule has 1 saturated heterocycles. The third-order valence-corrected chi connectivity index (χ3v) is 13.7. The molecule has 0 spiro atoms. The molecule has 4 aliphatic carbocycles. The van der Waals surface area contributed by atoms with E-state index in [2.05, 4.69) is 25.8 Å². The van der Waals surface area contributed by atoms with E-state index in [1.54, 1.807) is 0 Å². The predicted molar refractivity (Wildman–Crippen MR) is 162 cm³/mol. The topological polar surface area (TPSA) is 209 Å². The van der Waals surface area contributed by atoms with Gasteiger partial charge in [-0.15, -0.1) is 0 Å². The Labute approximate surface area is 295 Å². The average molecular weight is 684 g/mol. The summed E-state index contributed by atoms with van der Waals surface area (Å²) in [6, 6.07) is 0. The Bertz CT molecular complexity index is 1170. The number of hydrogen-bond acceptors (Lipinski definition) is 11. The summed E-state index contributed by atoms with van der Waals surface area (Å²) < 4.78 is 42.5. The van der Waals surface area contributed by atoms with Crippen LogP contribution in [-0.4, -0.2) is 106 Å². The average Bonchev–Trinajstić information content (AvgIpc) is 3.33. The number of ether oxygens (including phenoxy) is 2. The molecule has 4 saturated carbocycles. The Morgan fingerprint density at radius 1 is 1.00 bits per heavy atom. The first-order chi connectivity index (χ1) is 21.1. The van der Waals surface area contributed by atoms with Gasteiger partial charge >= 0.3 is 29.6 Å². The van der Waals surface area contributed by atoms with Crippen molar-refractivity contribution in [1.29, 1.82) is 0 Å². The summed E-state index contributed by atoms with van der Waals surface area (Å²) in [6.07, 6.45) is 1.05. The maximum atomic E-state index is 12.3. The van der Waals surface area contributed by atoms with Gasteiger partial charge in [0.1, 0.15) is 24.4 Å². The van der Waals surface area contributed by atoms with E-state index in [4.69, 9.17) is 14.0 Å². The molecule has 0 aromatic heterocycles. The van der Waals surface area contributed by atoms with Crippen LogP contribution in [0.3, 0.4) is 0 Å². The summed E-state index contributed by atoms with van der Waals surface area (Å²) in [5, 5.41) is 64.4. The van der Waals surface area contributed by atoms with Gasteiger partial charge < -0.3 is 45.1 Å². The second kappa shape index (κ2) is 15.1. The van der Waals surface area contributed by atoms with Crippen LogP contribution in [0.5, 0.6) is 0 Å². The number of hydrogen-bond donors (Lipinski definition) is 6. The number of nitrogens with zero attached hydrogens (tertiary/aromatic N) is 1. The first kappa shape index (κ1) is 38.9. The first-order valence-corrected chi connectivity index (χ1v) is 18.5. The third kappa shape index (κ3) is 7.71. The molecule has 260 valence electrons. The number of fused-ring (bicyclic) bond motifs is 5. The van der Waals surface area contributed by atoms with Gasteiger partial charge in [0.25, 0.3) is 10.1 Å². The summed E-state index contributed by atoms with van der Waals surface area (Å²) in [5.74, 6) is 1.06. The molecule has 0 unspecified atom stereocenters. The monoisotopic (exact) mass is 683 g/mol. The van der Waals surface area contributed by atoms with Gasteiger partial charge in [-0.25, -0.2) is 0 Å². The maximum absolute atomic E-state index is 12.3. The van der Waals surface area contributed by atoms with Crippen LogP contribution in [0.1, 0.15) is 85.0 Å². The fourth-order valence-corrected chi connectivity index (χ4v) is 10.9. The summed E-state index contributed by atoms with van der Waals surface area (Å²) in [6.45, 7) is 6.23. The second-order valence-corrected chi connectivity index (χ2v) is 16.9. The number of aliphatic hydroxyl groups is 5. The second-order valence-electron chi connectivity index (χ2n) is 15.3. The molecule has 0 aromatic carbocycles. The molecule has 0 radical (unpaired) electrons. The molecule has 5 fully saturated rings. The quantitative estimate of drug-likeness (QED) is 0.0482. The van der Waals surface area contributed by atoms with Crippen LogP contribution in [0.15, 0.2) is 4.99 Å². The number of aliphatic imine (C=N–C) groups is 1. The van der Waals surface area contributed by atoms with Gasteiger partial charge in [0.05, 0.1) is 31.1 Å². The van der Waals surface area contributed by atoms with E-state index in [1.165, 1.54) is 0 Å². The van der Waals surface area contributed by atoms with E-state index in [-0.39, 0.29) is 83.1 Å². The molecule has 0 aromatic rings. The van der Waals surface area contributed by atoms with Crippen molar-refractivity contribution in [3.63, 3.8) is 0 Å². The van der Waals surface area contributed by atoms with Gasteiger partial charge in [0, 0.05) is 0 Å². The van der Waals surface area contributed by atoms with Gasteiger partial charge in [-0.1, -0.05) is 20.8 Å². The van der Waals surface area contributed by atoms with Crippen molar-refractivity contribution in [2.24, 2.45) is 51.3 Å². The van der Waals surface area contributed by atoms with Crippen molar-refractivity contribution in [2.75, 3.05) is 18.9 Å². The van der Waals surface area contributed by atoms with E-state index < -0.39 is 59.3 Å². The molecule has 1 heterocycles. The Morgan fingerprint density at radius 2 is 1.67 bits per heavy atom. The Hall–Kier alpha value is 0.1000. The summed E-state index contributed by atoms with van der Waals surface area (Å²) in [4.78, 5) is 3.80. The summed E-state index contributed by atoms with van der Waals surface area (Å²) in [5.41, 5.74) is 0.111. The van der Waals surface area contributed by atoms with Crippen LogP contribution in [-0.2, 0) is 19.6 Å². The third-order valence-electron chi connectivity index (χ3n) is 13.0. The molecular formula is C32H54NNaO11S. The molecule has 0 bridgehead atoms. The number of rotatable bonds is 10. The standard InChI is InChI=1S/C32H55NO11S.Na/c1-17(4-7-25(36)33-12-13-45(40,41)42)20-5-6-21-26-22(9-11-32(20,21)3)31(2)10-8-19(14-18(31)15-23(26)35)43-30-29(39)28(38)27(37)24(16-34)44-30;/h17-24,26-30,34-35,37-39H,4-16H2,1-3H3,(H,33,36)(H,40,41,42);/q;+1/p-1/t17-,18+,19-,20-,21+,22+,23-,24-,26+,27-,28+,29-,30-,31+,32-;/m1./s1. The van der Waals surface area contributed by atoms with Crippen molar-refractivity contribution in [1.82, 2.24) is 0 Å². The molecule has 0 amide bonds. The van der Waals surface area contributed by atoms with E-state index in [0.29, 0.717) is 37.0 Å². The van der Waals surface area contributed by atoms with Crippen LogP contribution < -0.4 is 34.7 Å². The fraction of sp³-hybridized carbons (Fsp3) is 0.969. The van der Waals surface area contributed by atoms with Crippen LogP contribution in [0, 0.1) is 46.3 Å². The predicted octanol–water partition coefficient (Wildman–Crippen LogP) is -2.13. The minimum atomic E-state index is -4.14. The van der Waals surface area contributed by atoms with Gasteiger partial charge in [-0.3, -0.25) is 4.55 Å². The zero-order valence-electron chi connectivity index (χ0n) is 27.8. The van der Waals surface area contributed by atoms with E-state index >= 15 is 0 Å². The molecule has 5 rings (SSSR count). The molecule has 6 N–H and O–H groups in total. The Kier molecular flexibility index (Phi) is 12.8. The fourth-order valence-electron chi connectivity index (χ4n) is 10.6. The van der Waals surface area contributed by atoms with Crippen molar-refractivity contribution < 1.29 is 82.6 Å². The van der Waals surface area contributed by atoms with E-state index in [0.717, 1.165) is 38.5 Å². The van der Waals surface area contributed by atoms with Crippen LogP contribution in [0.2, 0.25) is 0 Å². The molecular weight excluding hydrogens is 629 g/mol. The smallest absolute Gasteiger partial charge is 0.862 e. The van der Waals surface area contributed by atoms with Gasteiger partial charge in [-0.05, 0) is 116 Å². The molecule has 5 aliphatic rings.